The predicted molar refractivity (Wildman–Crippen MR) is 79.9 cm³/mol. The van der Waals surface area contributed by atoms with E-state index in [9.17, 15) is 4.39 Å². The van der Waals surface area contributed by atoms with Gasteiger partial charge in [0, 0.05) is 18.8 Å². The highest BCUT2D eigenvalue weighted by atomic mass is 19.1. The van der Waals surface area contributed by atoms with Crippen LogP contribution in [0.25, 0.3) is 0 Å². The van der Waals surface area contributed by atoms with Crippen LogP contribution in [0.1, 0.15) is 24.0 Å². The number of rotatable bonds is 4. The number of hydrogen-bond donors (Lipinski definition) is 0. The molecule has 3 rings (SSSR count). The number of ether oxygens (including phenoxy) is 1. The minimum absolute atomic E-state index is 0.141. The molecule has 0 bridgehead atoms. The fraction of sp³-hybridized carbons (Fsp3) is 0.294. The second-order valence-electron chi connectivity index (χ2n) is 5.35. The first-order valence-corrected chi connectivity index (χ1v) is 7.29. The predicted octanol–water partition coefficient (Wildman–Crippen LogP) is 3.48. The topological polar surface area (TPSA) is 49.1 Å². The number of hydrogen-bond acceptors (Lipinski definition) is 4. The zero-order valence-corrected chi connectivity index (χ0v) is 12.1. The highest BCUT2D eigenvalue weighted by Gasteiger charge is 2.13. The summed E-state index contributed by atoms with van der Waals surface area (Å²) in [5, 5.41) is 8.72. The first-order chi connectivity index (χ1) is 10.7. The molecule has 1 fully saturated rings. The van der Waals surface area contributed by atoms with Crippen molar-refractivity contribution in [1.29, 1.82) is 5.26 Å². The third kappa shape index (κ3) is 3.41. The maximum absolute atomic E-state index is 14.1. The van der Waals surface area contributed by atoms with Gasteiger partial charge in [0.15, 0.2) is 11.6 Å². The highest BCUT2D eigenvalue weighted by molar-refractivity contribution is 5.34. The van der Waals surface area contributed by atoms with Crippen molar-refractivity contribution in [3.8, 4) is 17.7 Å². The number of nitrogens with zero attached hydrogens (tertiary/aromatic N) is 3. The van der Waals surface area contributed by atoms with E-state index in [4.69, 9.17) is 10.00 Å². The Balaban J connectivity index is 1.69. The molecule has 4 nitrogen and oxygen atoms in total. The minimum Gasteiger partial charge on any atom is -0.436 e. The standard InChI is InChI=1S/C17H16FN3O/c18-15-9-13(12-21-7-1-2-8-21)3-5-16(15)22-17-6-4-14(10-19)11-20-17/h3-6,9,11H,1-2,7-8,12H2. The Morgan fingerprint density at radius 1 is 1.23 bits per heavy atom. The van der Waals surface area contributed by atoms with Crippen LogP contribution < -0.4 is 4.74 Å². The molecule has 0 aliphatic carbocycles. The SMILES string of the molecule is N#Cc1ccc(Oc2ccc(CN3CCCC3)cc2F)nc1. The summed E-state index contributed by atoms with van der Waals surface area (Å²) >= 11 is 0. The molecule has 22 heavy (non-hydrogen) atoms. The highest BCUT2D eigenvalue weighted by Crippen LogP contribution is 2.25. The summed E-state index contributed by atoms with van der Waals surface area (Å²) in [5.74, 6) is 0.00966. The van der Waals surface area contributed by atoms with Gasteiger partial charge < -0.3 is 4.74 Å². The van der Waals surface area contributed by atoms with Gasteiger partial charge in [-0.15, -0.1) is 0 Å². The van der Waals surface area contributed by atoms with Gasteiger partial charge in [0.25, 0.3) is 0 Å². The van der Waals surface area contributed by atoms with Crippen LogP contribution in [0.5, 0.6) is 11.6 Å². The van der Waals surface area contributed by atoms with Crippen LogP contribution in [0, 0.1) is 17.1 Å². The average Bonchev–Trinajstić information content (AvgIpc) is 3.04. The Morgan fingerprint density at radius 3 is 2.68 bits per heavy atom. The minimum atomic E-state index is -0.400. The van der Waals surface area contributed by atoms with Crippen LogP contribution in [-0.2, 0) is 6.54 Å². The summed E-state index contributed by atoms with van der Waals surface area (Å²) in [6.07, 6.45) is 3.83. The van der Waals surface area contributed by atoms with Crippen LogP contribution in [0.2, 0.25) is 0 Å². The molecule has 0 atom stereocenters. The van der Waals surface area contributed by atoms with E-state index in [1.807, 2.05) is 12.1 Å². The van der Waals surface area contributed by atoms with Crippen LogP contribution in [0.3, 0.4) is 0 Å². The van der Waals surface area contributed by atoms with Crippen molar-refractivity contribution >= 4 is 0 Å². The second kappa shape index (κ2) is 6.54. The van der Waals surface area contributed by atoms with E-state index in [0.29, 0.717) is 5.56 Å². The Bertz CT molecular complexity index is 688. The molecule has 0 N–H and O–H groups in total. The van der Waals surface area contributed by atoms with E-state index in [2.05, 4.69) is 9.88 Å². The summed E-state index contributed by atoms with van der Waals surface area (Å²) in [4.78, 5) is 6.29. The quantitative estimate of drug-likeness (QED) is 0.867. The second-order valence-corrected chi connectivity index (χ2v) is 5.35. The number of halogens is 1. The molecule has 0 radical (unpaired) electrons. The Labute approximate surface area is 128 Å². The van der Waals surface area contributed by atoms with Gasteiger partial charge in [-0.05, 0) is 49.7 Å². The fourth-order valence-corrected chi connectivity index (χ4v) is 2.54. The third-order valence-corrected chi connectivity index (χ3v) is 3.68. The van der Waals surface area contributed by atoms with Gasteiger partial charge >= 0.3 is 0 Å². The number of pyridine rings is 1. The third-order valence-electron chi connectivity index (χ3n) is 3.68. The van der Waals surface area contributed by atoms with Crippen LogP contribution >= 0.6 is 0 Å². The van der Waals surface area contributed by atoms with Gasteiger partial charge in [0.1, 0.15) is 6.07 Å². The van der Waals surface area contributed by atoms with Gasteiger partial charge in [-0.1, -0.05) is 6.07 Å². The molecule has 2 aromatic rings. The van der Waals surface area contributed by atoms with Gasteiger partial charge in [-0.25, -0.2) is 9.37 Å². The van der Waals surface area contributed by atoms with Crippen LogP contribution in [0.15, 0.2) is 36.5 Å². The zero-order valence-electron chi connectivity index (χ0n) is 12.1. The largest absolute Gasteiger partial charge is 0.436 e. The molecule has 0 amide bonds. The fourth-order valence-electron chi connectivity index (χ4n) is 2.54. The molecule has 1 saturated heterocycles. The van der Waals surface area contributed by atoms with Gasteiger partial charge in [-0.2, -0.15) is 5.26 Å². The summed E-state index contributed by atoms with van der Waals surface area (Å²) < 4.78 is 19.6. The number of nitriles is 1. The number of aromatic nitrogens is 1. The summed E-state index contributed by atoms with van der Waals surface area (Å²) in [6.45, 7) is 2.93. The smallest absolute Gasteiger partial charge is 0.219 e. The van der Waals surface area contributed by atoms with Crippen molar-refractivity contribution in [3.63, 3.8) is 0 Å². The first-order valence-electron chi connectivity index (χ1n) is 7.29. The van der Waals surface area contributed by atoms with E-state index in [-0.39, 0.29) is 11.6 Å². The Hall–Kier alpha value is -2.45. The van der Waals surface area contributed by atoms with Crippen molar-refractivity contribution in [1.82, 2.24) is 9.88 Å². The average molecular weight is 297 g/mol. The molecule has 1 aromatic carbocycles. The zero-order chi connectivity index (χ0) is 15.4. The van der Waals surface area contributed by atoms with E-state index in [0.717, 1.165) is 25.2 Å². The van der Waals surface area contributed by atoms with E-state index < -0.39 is 5.82 Å². The molecule has 1 aliphatic rings. The van der Waals surface area contributed by atoms with Crippen molar-refractivity contribution in [2.45, 2.75) is 19.4 Å². The van der Waals surface area contributed by atoms with E-state index in [1.54, 1.807) is 18.2 Å². The molecular formula is C17H16FN3O. The lowest BCUT2D eigenvalue weighted by atomic mass is 10.2. The van der Waals surface area contributed by atoms with Crippen LogP contribution in [-0.4, -0.2) is 23.0 Å². The summed E-state index contributed by atoms with van der Waals surface area (Å²) in [6, 6.07) is 10.1. The molecule has 2 heterocycles. The Morgan fingerprint density at radius 2 is 2.05 bits per heavy atom. The summed E-state index contributed by atoms with van der Waals surface area (Å²) in [5.41, 5.74) is 1.38. The van der Waals surface area contributed by atoms with Crippen molar-refractivity contribution in [2.75, 3.05) is 13.1 Å². The molecule has 1 aromatic heterocycles. The van der Waals surface area contributed by atoms with E-state index in [1.165, 1.54) is 25.1 Å². The molecule has 0 unspecified atom stereocenters. The Kier molecular flexibility index (Phi) is 4.31. The molecular weight excluding hydrogens is 281 g/mol. The molecule has 112 valence electrons. The van der Waals surface area contributed by atoms with Crippen molar-refractivity contribution in [2.24, 2.45) is 0 Å². The lowest BCUT2D eigenvalue weighted by Crippen LogP contribution is -2.18. The number of benzene rings is 1. The molecule has 0 spiro atoms. The molecule has 1 aliphatic heterocycles. The maximum Gasteiger partial charge on any atom is 0.219 e. The van der Waals surface area contributed by atoms with Gasteiger partial charge in [0.05, 0.1) is 5.56 Å². The normalized spacial score (nSPS) is 14.7. The monoisotopic (exact) mass is 297 g/mol. The summed E-state index contributed by atoms with van der Waals surface area (Å²) in [7, 11) is 0. The lowest BCUT2D eigenvalue weighted by Gasteiger charge is -2.15. The van der Waals surface area contributed by atoms with Crippen molar-refractivity contribution < 1.29 is 9.13 Å². The van der Waals surface area contributed by atoms with Crippen LogP contribution in [0.4, 0.5) is 4.39 Å². The van der Waals surface area contributed by atoms with Gasteiger partial charge in [0.2, 0.25) is 5.88 Å². The van der Waals surface area contributed by atoms with E-state index >= 15 is 0 Å². The first kappa shape index (κ1) is 14.5. The van der Waals surface area contributed by atoms with Gasteiger partial charge in [-0.3, -0.25) is 4.90 Å². The number of likely N-dealkylation sites (tertiary alicyclic amines) is 1. The molecule has 5 heteroatoms. The lowest BCUT2D eigenvalue weighted by molar-refractivity contribution is 0.330. The molecule has 0 saturated carbocycles. The van der Waals surface area contributed by atoms with Crippen molar-refractivity contribution in [3.05, 3.63) is 53.5 Å². The maximum atomic E-state index is 14.1.